The van der Waals surface area contributed by atoms with Crippen molar-refractivity contribution in [2.24, 2.45) is 0 Å². The lowest BCUT2D eigenvalue weighted by molar-refractivity contribution is -0.117. The number of nitrogens with one attached hydrogen (secondary N) is 1. The summed E-state index contributed by atoms with van der Waals surface area (Å²) in [7, 11) is 0. The van der Waals surface area contributed by atoms with Crippen molar-refractivity contribution in [2.45, 2.75) is 20.4 Å². The summed E-state index contributed by atoms with van der Waals surface area (Å²) < 4.78 is 0. The molecule has 2 aromatic carbocycles. The molecule has 5 heteroatoms. The van der Waals surface area contributed by atoms with E-state index in [1.165, 1.54) is 6.08 Å². The molecule has 0 heterocycles. The van der Waals surface area contributed by atoms with Crippen LogP contribution in [-0.4, -0.2) is 24.1 Å². The Morgan fingerprint density at radius 3 is 2.46 bits per heavy atom. The average Bonchev–Trinajstić information content (AvgIpc) is 2.67. The number of amides is 1. The smallest absolute Gasteiger partial charge is 0.262 e. The van der Waals surface area contributed by atoms with Crippen molar-refractivity contribution in [2.75, 3.05) is 18.0 Å². The van der Waals surface area contributed by atoms with Crippen molar-refractivity contribution in [3.63, 3.8) is 0 Å². The predicted molar refractivity (Wildman–Crippen MR) is 104 cm³/mol. The first kappa shape index (κ1) is 19.1. The summed E-state index contributed by atoms with van der Waals surface area (Å²) in [4.78, 5) is 14.3. The van der Waals surface area contributed by atoms with E-state index in [0.717, 1.165) is 24.3 Å². The Hall–Kier alpha value is -3.26. The Morgan fingerprint density at radius 1 is 1.19 bits per heavy atom. The second kappa shape index (κ2) is 9.28. The van der Waals surface area contributed by atoms with Gasteiger partial charge >= 0.3 is 0 Å². The number of phenolic OH excluding ortho intramolecular Hbond substituents is 1. The molecular formula is C21H23N3O2. The lowest BCUT2D eigenvalue weighted by atomic mass is 10.1. The van der Waals surface area contributed by atoms with Gasteiger partial charge in [-0.15, -0.1) is 0 Å². The Bertz CT molecular complexity index is 819. The Kier molecular flexibility index (Phi) is 6.81. The first-order valence-electron chi connectivity index (χ1n) is 8.60. The lowest BCUT2D eigenvalue weighted by Gasteiger charge is -2.21. The average molecular weight is 349 g/mol. The van der Waals surface area contributed by atoms with Gasteiger partial charge < -0.3 is 15.3 Å². The number of rotatable bonds is 7. The van der Waals surface area contributed by atoms with Gasteiger partial charge in [0.2, 0.25) is 0 Å². The summed E-state index contributed by atoms with van der Waals surface area (Å²) in [6, 6.07) is 16.6. The van der Waals surface area contributed by atoms with Gasteiger partial charge in [-0.1, -0.05) is 30.3 Å². The monoisotopic (exact) mass is 349 g/mol. The highest BCUT2D eigenvalue weighted by Gasteiger charge is 2.11. The maximum absolute atomic E-state index is 12.2. The van der Waals surface area contributed by atoms with Crippen LogP contribution in [0.2, 0.25) is 0 Å². The fraction of sp³-hybridized carbons (Fsp3) is 0.238. The molecule has 0 fully saturated rings. The lowest BCUT2D eigenvalue weighted by Crippen LogP contribution is -2.24. The minimum atomic E-state index is -0.469. The van der Waals surface area contributed by atoms with Crippen molar-refractivity contribution in [1.29, 1.82) is 5.26 Å². The minimum Gasteiger partial charge on any atom is -0.507 e. The SMILES string of the molecule is CCN(CC)c1ccc(/C=C(/C#N)C(=O)NCc2ccccc2)c(O)c1. The normalized spacial score (nSPS) is 10.9. The van der Waals surface area contributed by atoms with E-state index in [4.69, 9.17) is 0 Å². The Morgan fingerprint density at radius 2 is 1.88 bits per heavy atom. The summed E-state index contributed by atoms with van der Waals surface area (Å²) in [5, 5.41) is 22.3. The predicted octanol–water partition coefficient (Wildman–Crippen LogP) is 3.46. The molecule has 2 N–H and O–H groups in total. The van der Waals surface area contributed by atoms with Crippen molar-refractivity contribution < 1.29 is 9.90 Å². The zero-order chi connectivity index (χ0) is 18.9. The van der Waals surface area contributed by atoms with Crippen molar-refractivity contribution in [3.05, 3.63) is 65.2 Å². The number of nitriles is 1. The number of aromatic hydroxyl groups is 1. The van der Waals surface area contributed by atoms with Crippen LogP contribution in [0.15, 0.2) is 54.1 Å². The van der Waals surface area contributed by atoms with Gasteiger partial charge in [0.1, 0.15) is 17.4 Å². The summed E-state index contributed by atoms with van der Waals surface area (Å²) >= 11 is 0. The van der Waals surface area contributed by atoms with Gasteiger partial charge in [0, 0.05) is 37.0 Å². The highest BCUT2D eigenvalue weighted by atomic mass is 16.3. The van der Waals surface area contributed by atoms with E-state index >= 15 is 0 Å². The van der Waals surface area contributed by atoms with E-state index < -0.39 is 5.91 Å². The van der Waals surface area contributed by atoms with Crippen LogP contribution in [0.5, 0.6) is 5.75 Å². The standard InChI is InChI=1S/C21H23N3O2/c1-3-24(4-2)19-11-10-17(20(25)13-19)12-18(14-22)21(26)23-15-16-8-6-5-7-9-16/h5-13,25H,3-4,15H2,1-2H3,(H,23,26)/b18-12-. The summed E-state index contributed by atoms with van der Waals surface area (Å²) in [5.74, 6) is -0.429. The zero-order valence-electron chi connectivity index (χ0n) is 15.1. The van der Waals surface area contributed by atoms with Gasteiger partial charge in [0.25, 0.3) is 5.91 Å². The van der Waals surface area contributed by atoms with Crippen LogP contribution in [0.3, 0.4) is 0 Å². The first-order chi connectivity index (χ1) is 12.6. The summed E-state index contributed by atoms with van der Waals surface area (Å²) in [5.41, 5.74) is 2.24. The van der Waals surface area contributed by atoms with E-state index in [-0.39, 0.29) is 11.3 Å². The number of carbonyl (C=O) groups is 1. The van der Waals surface area contributed by atoms with Crippen LogP contribution in [0, 0.1) is 11.3 Å². The van der Waals surface area contributed by atoms with Gasteiger partial charge in [-0.25, -0.2) is 0 Å². The third kappa shape index (κ3) is 4.87. The van der Waals surface area contributed by atoms with Crippen LogP contribution in [0.1, 0.15) is 25.0 Å². The van der Waals surface area contributed by atoms with E-state index in [9.17, 15) is 15.2 Å². The van der Waals surface area contributed by atoms with Crippen LogP contribution in [0.4, 0.5) is 5.69 Å². The fourth-order valence-electron chi connectivity index (χ4n) is 2.62. The van der Waals surface area contributed by atoms with Gasteiger partial charge in [0.05, 0.1) is 0 Å². The molecule has 0 bridgehead atoms. The second-order valence-electron chi connectivity index (χ2n) is 5.75. The molecule has 134 valence electrons. The maximum Gasteiger partial charge on any atom is 0.262 e. The number of hydrogen-bond donors (Lipinski definition) is 2. The van der Waals surface area contributed by atoms with Crippen LogP contribution >= 0.6 is 0 Å². The van der Waals surface area contributed by atoms with Gasteiger partial charge in [-0.2, -0.15) is 5.26 Å². The van der Waals surface area contributed by atoms with Gasteiger partial charge in [-0.05, 0) is 37.6 Å². The number of hydrogen-bond acceptors (Lipinski definition) is 4. The molecule has 0 aliphatic rings. The first-order valence-corrected chi connectivity index (χ1v) is 8.60. The molecular weight excluding hydrogens is 326 g/mol. The molecule has 0 saturated carbocycles. The van der Waals surface area contributed by atoms with Crippen LogP contribution < -0.4 is 10.2 Å². The minimum absolute atomic E-state index is 0.0398. The van der Waals surface area contributed by atoms with E-state index in [1.807, 2.05) is 56.3 Å². The molecule has 0 saturated heterocycles. The molecule has 0 radical (unpaired) electrons. The Balaban J connectivity index is 2.15. The summed E-state index contributed by atoms with van der Waals surface area (Å²) in [6.07, 6.45) is 1.40. The molecule has 2 aromatic rings. The topological polar surface area (TPSA) is 76.4 Å². The molecule has 2 rings (SSSR count). The van der Waals surface area contributed by atoms with Gasteiger partial charge in [-0.3, -0.25) is 4.79 Å². The van der Waals surface area contributed by atoms with Crippen LogP contribution in [0.25, 0.3) is 6.08 Å². The number of benzene rings is 2. The highest BCUT2D eigenvalue weighted by Crippen LogP contribution is 2.26. The molecule has 0 aromatic heterocycles. The molecule has 1 amide bonds. The van der Waals surface area contributed by atoms with Crippen LogP contribution in [-0.2, 0) is 11.3 Å². The number of phenols is 1. The highest BCUT2D eigenvalue weighted by molar-refractivity contribution is 6.02. The third-order valence-corrected chi connectivity index (χ3v) is 4.10. The van der Waals surface area contributed by atoms with Crippen molar-refractivity contribution in [3.8, 4) is 11.8 Å². The quantitative estimate of drug-likeness (QED) is 0.593. The third-order valence-electron chi connectivity index (χ3n) is 4.10. The summed E-state index contributed by atoms with van der Waals surface area (Å²) in [6.45, 7) is 6.08. The maximum atomic E-state index is 12.2. The molecule has 26 heavy (non-hydrogen) atoms. The zero-order valence-corrected chi connectivity index (χ0v) is 15.1. The second-order valence-corrected chi connectivity index (χ2v) is 5.75. The molecule has 0 unspecified atom stereocenters. The molecule has 0 spiro atoms. The van der Waals surface area contributed by atoms with E-state index in [2.05, 4.69) is 10.2 Å². The largest absolute Gasteiger partial charge is 0.507 e. The van der Waals surface area contributed by atoms with Crippen molar-refractivity contribution >= 4 is 17.7 Å². The molecule has 0 aliphatic carbocycles. The molecule has 5 nitrogen and oxygen atoms in total. The number of nitrogens with zero attached hydrogens (tertiary/aromatic N) is 2. The Labute approximate surface area is 154 Å². The fourth-order valence-corrected chi connectivity index (χ4v) is 2.62. The van der Waals surface area contributed by atoms with Gasteiger partial charge in [0.15, 0.2) is 0 Å². The molecule has 0 aliphatic heterocycles. The number of carbonyl (C=O) groups excluding carboxylic acids is 1. The van der Waals surface area contributed by atoms with E-state index in [1.54, 1.807) is 12.1 Å². The number of anilines is 1. The van der Waals surface area contributed by atoms with E-state index in [0.29, 0.717) is 12.1 Å². The van der Waals surface area contributed by atoms with Crippen molar-refractivity contribution in [1.82, 2.24) is 5.32 Å². The molecule has 0 atom stereocenters.